The summed E-state index contributed by atoms with van der Waals surface area (Å²) in [6.45, 7) is 0. The predicted molar refractivity (Wildman–Crippen MR) is 53.8 cm³/mol. The summed E-state index contributed by atoms with van der Waals surface area (Å²) in [7, 11) is -5.12. The van der Waals surface area contributed by atoms with Gasteiger partial charge in [0.2, 0.25) is 0 Å². The van der Waals surface area contributed by atoms with E-state index < -0.39 is 7.82 Å². The molecule has 0 aliphatic heterocycles. The summed E-state index contributed by atoms with van der Waals surface area (Å²) in [4.78, 5) is 21.0. The van der Waals surface area contributed by atoms with Gasteiger partial charge in [0.05, 0.1) is 0 Å². The van der Waals surface area contributed by atoms with Gasteiger partial charge in [-0.15, -0.1) is 0 Å². The van der Waals surface area contributed by atoms with E-state index in [1.54, 1.807) is 24.3 Å². The zero-order valence-corrected chi connectivity index (χ0v) is 8.89. The molecule has 0 aromatic heterocycles. The number of aromatic hydroxyl groups is 1. The maximum absolute atomic E-state index is 10.5. The lowest BCUT2D eigenvalue weighted by Crippen LogP contribution is -2.18. The van der Waals surface area contributed by atoms with E-state index in [0.29, 0.717) is 10.8 Å². The van der Waals surface area contributed by atoms with E-state index in [2.05, 4.69) is 4.52 Å². The quantitative estimate of drug-likeness (QED) is 0.779. The molecule has 0 radical (unpaired) electrons. The third-order valence-corrected chi connectivity index (χ3v) is 2.44. The first-order valence-electron chi connectivity index (χ1n) is 4.39. The van der Waals surface area contributed by atoms with Crippen LogP contribution in [0.3, 0.4) is 0 Å². The minimum Gasteiger partial charge on any atom is -0.780 e. The van der Waals surface area contributed by atoms with Gasteiger partial charge >= 0.3 is 0 Å². The van der Waals surface area contributed by atoms with Crippen molar-refractivity contribution in [3.8, 4) is 11.5 Å². The second kappa shape index (κ2) is 3.79. The number of benzene rings is 2. The van der Waals surface area contributed by atoms with E-state index in [1.165, 1.54) is 6.07 Å². The standard InChI is InChI=1S/C10H9O5P/c11-8-5-7-3-1-2-4-9(7)10(6-8)15-16(12,13)14/h1-6,11H,(H2,12,13,14)/p-2. The lowest BCUT2D eigenvalue weighted by atomic mass is 10.1. The number of phenolic OH excluding ortho intramolecular Hbond substituents is 1. The van der Waals surface area contributed by atoms with Crippen LogP contribution in [0.4, 0.5) is 0 Å². The summed E-state index contributed by atoms with van der Waals surface area (Å²) < 4.78 is 14.8. The molecule has 84 valence electrons. The molecule has 0 saturated carbocycles. The number of rotatable bonds is 2. The van der Waals surface area contributed by atoms with E-state index in [-0.39, 0.29) is 11.5 Å². The third-order valence-electron chi connectivity index (χ3n) is 2.02. The molecular formula is C10H7O5P-2. The van der Waals surface area contributed by atoms with Crippen LogP contribution in [0.25, 0.3) is 10.8 Å². The molecule has 0 aliphatic carbocycles. The van der Waals surface area contributed by atoms with Crippen LogP contribution in [0.2, 0.25) is 0 Å². The molecule has 0 spiro atoms. The van der Waals surface area contributed by atoms with Crippen LogP contribution in [0.15, 0.2) is 36.4 Å². The molecule has 2 rings (SSSR count). The van der Waals surface area contributed by atoms with Crippen LogP contribution < -0.4 is 14.3 Å². The topological polar surface area (TPSA) is 92.7 Å². The van der Waals surface area contributed by atoms with Crippen molar-refractivity contribution in [3.63, 3.8) is 0 Å². The van der Waals surface area contributed by atoms with Gasteiger partial charge in [-0.3, -0.25) is 0 Å². The van der Waals surface area contributed by atoms with Crippen molar-refractivity contribution in [2.24, 2.45) is 0 Å². The van der Waals surface area contributed by atoms with E-state index in [0.717, 1.165) is 6.07 Å². The molecule has 5 nitrogen and oxygen atoms in total. The Morgan fingerprint density at radius 2 is 1.88 bits per heavy atom. The normalized spacial score (nSPS) is 11.6. The van der Waals surface area contributed by atoms with Gasteiger partial charge in [0.25, 0.3) is 0 Å². The molecule has 2 aromatic rings. The zero-order chi connectivity index (χ0) is 11.8. The van der Waals surface area contributed by atoms with Crippen molar-refractivity contribution in [1.29, 1.82) is 0 Å². The van der Waals surface area contributed by atoms with Crippen LogP contribution in [0.5, 0.6) is 11.5 Å². The minimum absolute atomic E-state index is 0.163. The smallest absolute Gasteiger partial charge is 0.135 e. The van der Waals surface area contributed by atoms with Crippen molar-refractivity contribution in [3.05, 3.63) is 36.4 Å². The second-order valence-corrected chi connectivity index (χ2v) is 4.28. The molecule has 0 amide bonds. The van der Waals surface area contributed by atoms with Crippen LogP contribution in [-0.2, 0) is 4.57 Å². The van der Waals surface area contributed by atoms with Gasteiger partial charge < -0.3 is 24.0 Å². The number of phenols is 1. The highest BCUT2D eigenvalue weighted by atomic mass is 31.2. The highest BCUT2D eigenvalue weighted by Crippen LogP contribution is 2.37. The van der Waals surface area contributed by atoms with Crippen LogP contribution in [0, 0.1) is 0 Å². The number of hydrogen-bond acceptors (Lipinski definition) is 5. The van der Waals surface area contributed by atoms with E-state index in [1.807, 2.05) is 0 Å². The third kappa shape index (κ3) is 2.33. The highest BCUT2D eigenvalue weighted by Gasteiger charge is 2.05. The molecule has 0 unspecified atom stereocenters. The highest BCUT2D eigenvalue weighted by molar-refractivity contribution is 7.43. The summed E-state index contributed by atoms with van der Waals surface area (Å²) in [5.74, 6) is -0.328. The second-order valence-electron chi connectivity index (χ2n) is 3.20. The lowest BCUT2D eigenvalue weighted by molar-refractivity contribution is -0.333. The number of fused-ring (bicyclic) bond motifs is 1. The van der Waals surface area contributed by atoms with Gasteiger partial charge in [0, 0.05) is 11.5 Å². The Labute approximate surface area is 91.2 Å². The molecule has 0 heterocycles. The molecule has 0 bridgehead atoms. The monoisotopic (exact) mass is 238 g/mol. The maximum atomic E-state index is 10.5. The minimum atomic E-state index is -5.12. The molecule has 0 atom stereocenters. The zero-order valence-electron chi connectivity index (χ0n) is 7.99. The lowest BCUT2D eigenvalue weighted by Gasteiger charge is -2.29. The van der Waals surface area contributed by atoms with Crippen LogP contribution >= 0.6 is 7.82 Å². The van der Waals surface area contributed by atoms with E-state index in [4.69, 9.17) is 0 Å². The van der Waals surface area contributed by atoms with Gasteiger partial charge in [0.1, 0.15) is 19.3 Å². The first-order valence-corrected chi connectivity index (χ1v) is 5.85. The molecule has 0 saturated heterocycles. The Hall–Kier alpha value is -1.55. The summed E-state index contributed by atoms with van der Waals surface area (Å²) >= 11 is 0. The van der Waals surface area contributed by atoms with Crippen molar-refractivity contribution >= 4 is 18.6 Å². The summed E-state index contributed by atoms with van der Waals surface area (Å²) in [5.41, 5.74) is 0. The fourth-order valence-electron chi connectivity index (χ4n) is 1.46. The summed E-state index contributed by atoms with van der Waals surface area (Å²) in [5, 5.41) is 10.4. The maximum Gasteiger partial charge on any atom is 0.135 e. The van der Waals surface area contributed by atoms with Crippen molar-refractivity contribution in [2.45, 2.75) is 0 Å². The SMILES string of the molecule is O=P([O-])([O-])Oc1cc(O)cc2ccccc12. The average Bonchev–Trinajstić information content (AvgIpc) is 2.14. The van der Waals surface area contributed by atoms with Crippen molar-refractivity contribution in [2.75, 3.05) is 0 Å². The molecule has 2 aromatic carbocycles. The Bertz CT molecular complexity index is 574. The fourth-order valence-corrected chi connectivity index (χ4v) is 1.85. The Morgan fingerprint density at radius 3 is 2.56 bits per heavy atom. The molecule has 1 N–H and O–H groups in total. The fraction of sp³-hybridized carbons (Fsp3) is 0. The van der Waals surface area contributed by atoms with Crippen LogP contribution in [-0.4, -0.2) is 5.11 Å². The average molecular weight is 238 g/mol. The van der Waals surface area contributed by atoms with Gasteiger partial charge in [-0.05, 0) is 11.5 Å². The van der Waals surface area contributed by atoms with E-state index >= 15 is 0 Å². The Balaban J connectivity index is 2.63. The van der Waals surface area contributed by atoms with Gasteiger partial charge in [0.15, 0.2) is 0 Å². The summed E-state index contributed by atoms with van der Waals surface area (Å²) in [6.07, 6.45) is 0. The Kier molecular flexibility index (Phi) is 2.59. The molecular weight excluding hydrogens is 231 g/mol. The first-order chi connectivity index (χ1) is 7.46. The van der Waals surface area contributed by atoms with Gasteiger partial charge in [-0.2, -0.15) is 0 Å². The molecule has 0 fully saturated rings. The largest absolute Gasteiger partial charge is 0.780 e. The van der Waals surface area contributed by atoms with Gasteiger partial charge in [-0.25, -0.2) is 0 Å². The molecule has 16 heavy (non-hydrogen) atoms. The number of phosphoric ester groups is 1. The van der Waals surface area contributed by atoms with E-state index in [9.17, 15) is 19.5 Å². The number of hydrogen-bond donors (Lipinski definition) is 1. The molecule has 0 aliphatic rings. The first kappa shape index (κ1) is 11.0. The Morgan fingerprint density at radius 1 is 1.19 bits per heavy atom. The number of phosphoric acid groups is 1. The van der Waals surface area contributed by atoms with Crippen LogP contribution in [0.1, 0.15) is 0 Å². The summed E-state index contributed by atoms with van der Waals surface area (Å²) in [6, 6.07) is 9.20. The van der Waals surface area contributed by atoms with Crippen molar-refractivity contribution in [1.82, 2.24) is 0 Å². The van der Waals surface area contributed by atoms with Crippen molar-refractivity contribution < 1.29 is 24.0 Å². The molecule has 6 heteroatoms. The van der Waals surface area contributed by atoms with Gasteiger partial charge in [-0.1, -0.05) is 24.3 Å². The predicted octanol–water partition coefficient (Wildman–Crippen LogP) is 0.753.